The molecule has 0 spiro atoms. The molecule has 5 heteroatoms. The molecule has 1 fully saturated rings. The van der Waals surface area contributed by atoms with Gasteiger partial charge in [-0.05, 0) is 24.5 Å². The number of amides is 2. The molecule has 0 radical (unpaired) electrons. The number of carbonyl (C=O) groups excluding carboxylic acids is 2. The molecular formula is C12H15N3O2. The van der Waals surface area contributed by atoms with Gasteiger partial charge in [0.2, 0.25) is 12.3 Å². The summed E-state index contributed by atoms with van der Waals surface area (Å²) in [6.45, 7) is 0.713. The maximum atomic E-state index is 12.0. The monoisotopic (exact) mass is 233 g/mol. The van der Waals surface area contributed by atoms with E-state index in [1.54, 1.807) is 17.3 Å². The van der Waals surface area contributed by atoms with Gasteiger partial charge < -0.3 is 10.2 Å². The highest BCUT2D eigenvalue weighted by Crippen LogP contribution is 2.16. The van der Waals surface area contributed by atoms with Crippen LogP contribution >= 0.6 is 0 Å². The first-order valence-corrected chi connectivity index (χ1v) is 5.69. The standard InChI is InChI=1S/C12H15N3O2/c16-9-14-11-4-2-6-15(11)12(17)7-10-3-1-5-13-8-10/h1,3,5,8-9,11H,2,4,6-7H2,(H,14,16). The molecule has 1 atom stereocenters. The van der Waals surface area contributed by atoms with E-state index < -0.39 is 0 Å². The fraction of sp³-hybridized carbons (Fsp3) is 0.417. The Kier molecular flexibility index (Phi) is 3.69. The van der Waals surface area contributed by atoms with Crippen LogP contribution in [0, 0.1) is 0 Å². The van der Waals surface area contributed by atoms with E-state index in [2.05, 4.69) is 10.3 Å². The second-order valence-electron chi connectivity index (χ2n) is 4.07. The Bertz CT molecular complexity index is 394. The number of carbonyl (C=O) groups is 2. The summed E-state index contributed by atoms with van der Waals surface area (Å²) in [6.07, 6.45) is 5.99. The first-order valence-electron chi connectivity index (χ1n) is 5.69. The van der Waals surface area contributed by atoms with Crippen LogP contribution < -0.4 is 5.32 Å². The molecule has 1 N–H and O–H groups in total. The van der Waals surface area contributed by atoms with Crippen LogP contribution in [0.2, 0.25) is 0 Å². The smallest absolute Gasteiger partial charge is 0.228 e. The first-order chi connectivity index (χ1) is 8.31. The van der Waals surface area contributed by atoms with Crippen LogP contribution in [0.3, 0.4) is 0 Å². The SMILES string of the molecule is O=CNC1CCCN1C(=O)Cc1cccnc1. The zero-order valence-corrected chi connectivity index (χ0v) is 9.50. The summed E-state index contributed by atoms with van der Waals surface area (Å²) in [6, 6.07) is 3.69. The lowest BCUT2D eigenvalue weighted by atomic mass is 10.2. The number of hydrogen-bond donors (Lipinski definition) is 1. The third-order valence-electron chi connectivity index (χ3n) is 2.91. The van der Waals surface area contributed by atoms with Gasteiger partial charge in [-0.1, -0.05) is 6.07 Å². The van der Waals surface area contributed by atoms with Gasteiger partial charge in [0.25, 0.3) is 0 Å². The minimum absolute atomic E-state index is 0.0369. The molecule has 1 aromatic rings. The average molecular weight is 233 g/mol. The minimum atomic E-state index is -0.142. The Hall–Kier alpha value is -1.91. The van der Waals surface area contributed by atoms with Crippen LogP contribution in [0.1, 0.15) is 18.4 Å². The van der Waals surface area contributed by atoms with Crippen LogP contribution in [0.4, 0.5) is 0 Å². The van der Waals surface area contributed by atoms with E-state index in [1.807, 2.05) is 12.1 Å². The lowest BCUT2D eigenvalue weighted by Crippen LogP contribution is -2.44. The highest BCUT2D eigenvalue weighted by atomic mass is 16.2. The Morgan fingerprint density at radius 3 is 3.24 bits per heavy atom. The zero-order valence-electron chi connectivity index (χ0n) is 9.50. The highest BCUT2D eigenvalue weighted by Gasteiger charge is 2.27. The number of nitrogens with zero attached hydrogens (tertiary/aromatic N) is 2. The Balaban J connectivity index is 1.97. The Morgan fingerprint density at radius 1 is 1.65 bits per heavy atom. The predicted octanol–water partition coefficient (Wildman–Crippen LogP) is 0.319. The van der Waals surface area contributed by atoms with Crippen LogP contribution in [-0.2, 0) is 16.0 Å². The quantitative estimate of drug-likeness (QED) is 0.762. The summed E-state index contributed by atoms with van der Waals surface area (Å²) in [7, 11) is 0. The summed E-state index contributed by atoms with van der Waals surface area (Å²) in [5, 5.41) is 2.67. The third kappa shape index (κ3) is 2.81. The molecule has 1 unspecified atom stereocenters. The normalized spacial score (nSPS) is 19.1. The van der Waals surface area contributed by atoms with Gasteiger partial charge in [0.05, 0.1) is 6.42 Å². The lowest BCUT2D eigenvalue weighted by molar-refractivity contribution is -0.132. The van der Waals surface area contributed by atoms with Crippen molar-refractivity contribution < 1.29 is 9.59 Å². The molecule has 0 saturated carbocycles. The molecule has 0 aromatic carbocycles. The molecule has 1 aliphatic rings. The van der Waals surface area contributed by atoms with Crippen molar-refractivity contribution in [2.45, 2.75) is 25.4 Å². The van der Waals surface area contributed by atoms with Gasteiger partial charge in [-0.15, -0.1) is 0 Å². The number of rotatable bonds is 4. The molecule has 1 aromatic heterocycles. The maximum absolute atomic E-state index is 12.0. The molecule has 5 nitrogen and oxygen atoms in total. The van der Waals surface area contributed by atoms with Gasteiger partial charge in [-0.2, -0.15) is 0 Å². The van der Waals surface area contributed by atoms with E-state index in [9.17, 15) is 9.59 Å². The van der Waals surface area contributed by atoms with E-state index >= 15 is 0 Å². The van der Waals surface area contributed by atoms with E-state index in [4.69, 9.17) is 0 Å². The minimum Gasteiger partial charge on any atom is -0.338 e. The number of nitrogens with one attached hydrogen (secondary N) is 1. The molecule has 1 saturated heterocycles. The van der Waals surface area contributed by atoms with Crippen molar-refractivity contribution in [3.05, 3.63) is 30.1 Å². The van der Waals surface area contributed by atoms with Crippen LogP contribution in [0.25, 0.3) is 0 Å². The second-order valence-corrected chi connectivity index (χ2v) is 4.07. The topological polar surface area (TPSA) is 62.3 Å². The molecular weight excluding hydrogens is 218 g/mol. The maximum Gasteiger partial charge on any atom is 0.228 e. The van der Waals surface area contributed by atoms with Crippen LogP contribution in [0.5, 0.6) is 0 Å². The lowest BCUT2D eigenvalue weighted by Gasteiger charge is -2.23. The third-order valence-corrected chi connectivity index (χ3v) is 2.91. The molecule has 2 heterocycles. The van der Waals surface area contributed by atoms with Gasteiger partial charge in [0.1, 0.15) is 6.17 Å². The number of aromatic nitrogens is 1. The van der Waals surface area contributed by atoms with Crippen molar-refractivity contribution in [3.63, 3.8) is 0 Å². The van der Waals surface area contributed by atoms with Crippen molar-refractivity contribution in [2.24, 2.45) is 0 Å². The van der Waals surface area contributed by atoms with Gasteiger partial charge >= 0.3 is 0 Å². The summed E-state index contributed by atoms with van der Waals surface area (Å²) in [5.41, 5.74) is 0.897. The van der Waals surface area contributed by atoms with E-state index in [0.29, 0.717) is 19.4 Å². The second kappa shape index (κ2) is 5.43. The Morgan fingerprint density at radius 2 is 2.53 bits per heavy atom. The van der Waals surface area contributed by atoms with Gasteiger partial charge in [0, 0.05) is 18.9 Å². The molecule has 17 heavy (non-hydrogen) atoms. The zero-order chi connectivity index (χ0) is 12.1. The predicted molar refractivity (Wildman–Crippen MR) is 61.9 cm³/mol. The van der Waals surface area contributed by atoms with Crippen molar-refractivity contribution in [1.29, 1.82) is 0 Å². The molecule has 2 amide bonds. The highest BCUT2D eigenvalue weighted by molar-refractivity contribution is 5.79. The molecule has 0 aliphatic carbocycles. The summed E-state index contributed by atoms with van der Waals surface area (Å²) in [5.74, 6) is 0.0369. The Labute approximate surface area is 99.8 Å². The molecule has 90 valence electrons. The van der Waals surface area contributed by atoms with Crippen LogP contribution in [-0.4, -0.2) is 34.9 Å². The van der Waals surface area contributed by atoms with E-state index in [1.165, 1.54) is 0 Å². The molecule has 1 aliphatic heterocycles. The van der Waals surface area contributed by atoms with Gasteiger partial charge in [0.15, 0.2) is 0 Å². The van der Waals surface area contributed by atoms with Crippen molar-refractivity contribution in [3.8, 4) is 0 Å². The fourth-order valence-electron chi connectivity index (χ4n) is 2.10. The van der Waals surface area contributed by atoms with Crippen molar-refractivity contribution in [1.82, 2.24) is 15.2 Å². The number of pyridine rings is 1. The average Bonchev–Trinajstić information content (AvgIpc) is 2.79. The number of likely N-dealkylation sites (tertiary alicyclic amines) is 1. The summed E-state index contributed by atoms with van der Waals surface area (Å²) < 4.78 is 0. The first kappa shape index (κ1) is 11.6. The van der Waals surface area contributed by atoms with Gasteiger partial charge in [-0.25, -0.2) is 0 Å². The largest absolute Gasteiger partial charge is 0.338 e. The number of hydrogen-bond acceptors (Lipinski definition) is 3. The molecule has 0 bridgehead atoms. The summed E-state index contributed by atoms with van der Waals surface area (Å²) >= 11 is 0. The van der Waals surface area contributed by atoms with Gasteiger partial charge in [-0.3, -0.25) is 14.6 Å². The van der Waals surface area contributed by atoms with Crippen molar-refractivity contribution >= 4 is 12.3 Å². The fourth-order valence-corrected chi connectivity index (χ4v) is 2.10. The van der Waals surface area contributed by atoms with Crippen LogP contribution in [0.15, 0.2) is 24.5 Å². The molecule has 2 rings (SSSR count). The van der Waals surface area contributed by atoms with Crippen molar-refractivity contribution in [2.75, 3.05) is 6.54 Å². The van der Waals surface area contributed by atoms with E-state index in [-0.39, 0.29) is 12.1 Å². The summed E-state index contributed by atoms with van der Waals surface area (Å²) in [4.78, 5) is 28.2. The van der Waals surface area contributed by atoms with E-state index in [0.717, 1.165) is 18.4 Å².